The largest absolute Gasteiger partial charge is 0.481 e. The summed E-state index contributed by atoms with van der Waals surface area (Å²) in [7, 11) is 1.44. The van der Waals surface area contributed by atoms with Crippen molar-refractivity contribution in [2.45, 2.75) is 31.7 Å². The molecule has 2 amide bonds. The Kier molecular flexibility index (Phi) is 3.51. The molecular weight excluding hydrogens is 282 g/mol. The van der Waals surface area contributed by atoms with Gasteiger partial charge in [-0.05, 0) is 13.8 Å². The van der Waals surface area contributed by atoms with Crippen LogP contribution in [0.25, 0.3) is 0 Å². The van der Waals surface area contributed by atoms with Crippen molar-refractivity contribution in [3.63, 3.8) is 0 Å². The summed E-state index contributed by atoms with van der Waals surface area (Å²) >= 11 is 1.22. The number of hydrogen-bond acceptors (Lipinski definition) is 6. The lowest BCUT2D eigenvalue weighted by atomic mass is 9.90. The first-order chi connectivity index (χ1) is 9.23. The SMILES string of the molecule is CN1C(=O)CC(Nc2nc(C(C)(C)C(=O)O)cs2)C1=O. The molecule has 7 nitrogen and oxygen atoms in total. The summed E-state index contributed by atoms with van der Waals surface area (Å²) in [6.07, 6.45) is 0.0899. The first-order valence-electron chi connectivity index (χ1n) is 6.00. The molecule has 1 aromatic rings. The minimum atomic E-state index is -1.09. The number of carboxylic acid groups (broad SMARTS) is 1. The van der Waals surface area contributed by atoms with Crippen LogP contribution in [0.15, 0.2) is 5.38 Å². The number of thiazole rings is 1. The van der Waals surface area contributed by atoms with Gasteiger partial charge in [0.25, 0.3) is 5.91 Å². The number of aliphatic carboxylic acids is 1. The number of carboxylic acids is 1. The molecule has 0 radical (unpaired) electrons. The average Bonchev–Trinajstić information content (AvgIpc) is 2.92. The second kappa shape index (κ2) is 4.86. The van der Waals surface area contributed by atoms with Gasteiger partial charge in [0.1, 0.15) is 11.5 Å². The summed E-state index contributed by atoms with van der Waals surface area (Å²) in [5.41, 5.74) is -0.675. The highest BCUT2D eigenvalue weighted by Gasteiger charge is 2.37. The molecule has 1 unspecified atom stereocenters. The molecule has 1 saturated heterocycles. The fourth-order valence-electron chi connectivity index (χ4n) is 1.75. The lowest BCUT2D eigenvalue weighted by Crippen LogP contribution is -2.32. The maximum Gasteiger partial charge on any atom is 0.315 e. The monoisotopic (exact) mass is 297 g/mol. The minimum Gasteiger partial charge on any atom is -0.481 e. The predicted octanol–water partition coefficient (Wildman–Crippen LogP) is 0.674. The molecule has 0 bridgehead atoms. The Morgan fingerprint density at radius 3 is 2.70 bits per heavy atom. The van der Waals surface area contributed by atoms with Gasteiger partial charge < -0.3 is 10.4 Å². The molecule has 2 rings (SSSR count). The Balaban J connectivity index is 2.13. The zero-order valence-electron chi connectivity index (χ0n) is 11.3. The summed E-state index contributed by atoms with van der Waals surface area (Å²) in [5.74, 6) is -1.51. The van der Waals surface area contributed by atoms with E-state index in [4.69, 9.17) is 5.11 Å². The van der Waals surface area contributed by atoms with Crippen LogP contribution in [0.1, 0.15) is 26.0 Å². The molecule has 0 aliphatic carbocycles. The average molecular weight is 297 g/mol. The summed E-state index contributed by atoms with van der Waals surface area (Å²) < 4.78 is 0. The van der Waals surface area contributed by atoms with E-state index >= 15 is 0 Å². The van der Waals surface area contributed by atoms with Gasteiger partial charge in [0.05, 0.1) is 12.1 Å². The number of nitrogens with one attached hydrogen (secondary N) is 1. The first kappa shape index (κ1) is 14.4. The van der Waals surface area contributed by atoms with E-state index in [0.29, 0.717) is 10.8 Å². The van der Waals surface area contributed by atoms with Crippen LogP contribution in [0, 0.1) is 0 Å². The van der Waals surface area contributed by atoms with Crippen molar-refractivity contribution < 1.29 is 19.5 Å². The van der Waals surface area contributed by atoms with Crippen LogP contribution in [0.2, 0.25) is 0 Å². The van der Waals surface area contributed by atoms with Crippen LogP contribution in [-0.2, 0) is 19.8 Å². The Labute approximate surface area is 119 Å². The van der Waals surface area contributed by atoms with Crippen molar-refractivity contribution in [1.29, 1.82) is 0 Å². The summed E-state index contributed by atoms with van der Waals surface area (Å²) in [5, 5.41) is 14.1. The van der Waals surface area contributed by atoms with Crippen LogP contribution in [-0.4, -0.2) is 45.9 Å². The molecular formula is C12H15N3O4S. The van der Waals surface area contributed by atoms with Crippen molar-refractivity contribution >= 4 is 34.3 Å². The van der Waals surface area contributed by atoms with Crippen LogP contribution in [0.3, 0.4) is 0 Å². The summed E-state index contributed by atoms with van der Waals surface area (Å²) in [6.45, 7) is 3.12. The normalized spacial score (nSPS) is 19.6. The fourth-order valence-corrected chi connectivity index (χ4v) is 2.69. The number of imide groups is 1. The number of carbonyl (C=O) groups excluding carboxylic acids is 2. The van der Waals surface area contributed by atoms with Crippen LogP contribution in [0.5, 0.6) is 0 Å². The molecule has 1 aliphatic rings. The van der Waals surface area contributed by atoms with Crippen molar-refractivity contribution in [2.75, 3.05) is 12.4 Å². The maximum absolute atomic E-state index is 11.8. The first-order valence-corrected chi connectivity index (χ1v) is 6.87. The number of rotatable bonds is 4. The second-order valence-corrected chi connectivity index (χ2v) is 6.02. The van der Waals surface area contributed by atoms with Gasteiger partial charge in [0, 0.05) is 12.4 Å². The number of nitrogens with zero attached hydrogens (tertiary/aromatic N) is 2. The van der Waals surface area contributed by atoms with E-state index in [1.807, 2.05) is 0 Å². The Hall–Kier alpha value is -1.96. The van der Waals surface area contributed by atoms with Crippen molar-refractivity contribution in [3.8, 4) is 0 Å². The summed E-state index contributed by atoms with van der Waals surface area (Å²) in [4.78, 5) is 39.6. The van der Waals surface area contributed by atoms with Crippen molar-refractivity contribution in [2.24, 2.45) is 0 Å². The molecule has 2 N–H and O–H groups in total. The van der Waals surface area contributed by atoms with Crippen LogP contribution in [0.4, 0.5) is 5.13 Å². The molecule has 108 valence electrons. The molecule has 1 fully saturated rings. The highest BCUT2D eigenvalue weighted by Crippen LogP contribution is 2.28. The van der Waals surface area contributed by atoms with Gasteiger partial charge in [-0.2, -0.15) is 0 Å². The van der Waals surface area contributed by atoms with E-state index in [2.05, 4.69) is 10.3 Å². The van der Waals surface area contributed by atoms with Crippen molar-refractivity contribution in [1.82, 2.24) is 9.88 Å². The predicted molar refractivity (Wildman–Crippen MR) is 72.6 cm³/mol. The van der Waals surface area contributed by atoms with Gasteiger partial charge in [0.2, 0.25) is 5.91 Å². The van der Waals surface area contributed by atoms with E-state index in [1.165, 1.54) is 18.4 Å². The molecule has 0 spiro atoms. The van der Waals surface area contributed by atoms with E-state index in [-0.39, 0.29) is 18.2 Å². The second-order valence-electron chi connectivity index (χ2n) is 5.16. The van der Waals surface area contributed by atoms with E-state index in [0.717, 1.165) is 4.90 Å². The summed E-state index contributed by atoms with van der Waals surface area (Å²) in [6, 6.07) is -0.626. The quantitative estimate of drug-likeness (QED) is 0.793. The van der Waals surface area contributed by atoms with Crippen molar-refractivity contribution in [3.05, 3.63) is 11.1 Å². The number of anilines is 1. The maximum atomic E-state index is 11.8. The Morgan fingerprint density at radius 1 is 1.55 bits per heavy atom. The lowest BCUT2D eigenvalue weighted by molar-refractivity contribution is -0.142. The smallest absolute Gasteiger partial charge is 0.315 e. The third-order valence-corrected chi connectivity index (χ3v) is 4.13. The van der Waals surface area contributed by atoms with Gasteiger partial charge in [0.15, 0.2) is 5.13 Å². The molecule has 1 atom stereocenters. The number of aromatic nitrogens is 1. The number of likely N-dealkylation sites (tertiary alicyclic amines) is 1. The third-order valence-electron chi connectivity index (χ3n) is 3.36. The van der Waals surface area contributed by atoms with E-state index < -0.39 is 17.4 Å². The molecule has 0 aromatic carbocycles. The van der Waals surface area contributed by atoms with E-state index in [9.17, 15) is 14.4 Å². The van der Waals surface area contributed by atoms with Gasteiger partial charge in [-0.1, -0.05) is 0 Å². The highest BCUT2D eigenvalue weighted by molar-refractivity contribution is 7.13. The zero-order chi connectivity index (χ0) is 15.1. The number of amides is 2. The highest BCUT2D eigenvalue weighted by atomic mass is 32.1. The fraction of sp³-hybridized carbons (Fsp3) is 0.500. The number of carbonyl (C=O) groups is 3. The molecule has 0 saturated carbocycles. The number of likely N-dealkylation sites (N-methyl/N-ethyl adjacent to an activating group) is 1. The van der Waals surface area contributed by atoms with Crippen LogP contribution < -0.4 is 5.32 Å². The zero-order valence-corrected chi connectivity index (χ0v) is 12.2. The molecule has 2 heterocycles. The Bertz CT molecular complexity index is 581. The molecule has 1 aliphatic heterocycles. The topological polar surface area (TPSA) is 99.6 Å². The van der Waals surface area contributed by atoms with Gasteiger partial charge in [-0.3, -0.25) is 19.3 Å². The minimum absolute atomic E-state index is 0.0899. The van der Waals surface area contributed by atoms with Gasteiger partial charge in [-0.15, -0.1) is 11.3 Å². The Morgan fingerprint density at radius 2 is 2.20 bits per heavy atom. The number of hydrogen-bond donors (Lipinski definition) is 2. The molecule has 20 heavy (non-hydrogen) atoms. The molecule has 1 aromatic heterocycles. The molecule has 8 heteroatoms. The lowest BCUT2D eigenvalue weighted by Gasteiger charge is -2.15. The standard InChI is InChI=1S/C12H15N3O4S/c1-12(2,10(18)19)7-5-20-11(14-7)13-6-4-8(16)15(3)9(6)17/h5-6H,4H2,1-3H3,(H,13,14)(H,18,19). The van der Waals surface area contributed by atoms with E-state index in [1.54, 1.807) is 19.2 Å². The third kappa shape index (κ3) is 2.38. The van der Waals surface area contributed by atoms with Gasteiger partial charge >= 0.3 is 5.97 Å². The van der Waals surface area contributed by atoms with Gasteiger partial charge in [-0.25, -0.2) is 4.98 Å². The van der Waals surface area contributed by atoms with Crippen LogP contribution >= 0.6 is 11.3 Å².